The van der Waals surface area contributed by atoms with Gasteiger partial charge in [0, 0.05) is 30.1 Å². The van der Waals surface area contributed by atoms with Crippen molar-refractivity contribution in [3.8, 4) is 0 Å². The summed E-state index contributed by atoms with van der Waals surface area (Å²) in [5.41, 5.74) is 7.05. The summed E-state index contributed by atoms with van der Waals surface area (Å²) in [4.78, 5) is 6.91. The molecule has 2 rings (SSSR count). The van der Waals surface area contributed by atoms with Gasteiger partial charge in [0.1, 0.15) is 0 Å². The Balaban J connectivity index is 1.72. The number of hydrogen-bond acceptors (Lipinski definition) is 3. The molecule has 24 heavy (non-hydrogen) atoms. The van der Waals surface area contributed by atoms with E-state index in [-0.39, 0.29) is 5.41 Å². The molecule has 0 unspecified atom stereocenters. The zero-order chi connectivity index (χ0) is 17.4. The van der Waals surface area contributed by atoms with Crippen molar-refractivity contribution in [2.75, 3.05) is 45.9 Å². The Kier molecular flexibility index (Phi) is 7.34. The average molecular weight is 353 g/mol. The van der Waals surface area contributed by atoms with E-state index in [0.717, 1.165) is 50.8 Å². The Bertz CT molecular complexity index is 542. The number of benzene rings is 1. The van der Waals surface area contributed by atoms with Crippen LogP contribution in [0, 0.1) is 0 Å². The Labute approximate surface area is 150 Å². The summed E-state index contributed by atoms with van der Waals surface area (Å²) in [6.07, 6.45) is 1.05. The van der Waals surface area contributed by atoms with Crippen LogP contribution in [0.2, 0.25) is 5.02 Å². The van der Waals surface area contributed by atoms with Crippen LogP contribution in [0.25, 0.3) is 0 Å². The Morgan fingerprint density at radius 2 is 2.12 bits per heavy atom. The number of morpholine rings is 1. The molecule has 0 radical (unpaired) electrons. The van der Waals surface area contributed by atoms with Gasteiger partial charge in [0.25, 0.3) is 0 Å². The van der Waals surface area contributed by atoms with E-state index in [1.54, 1.807) is 0 Å². The van der Waals surface area contributed by atoms with E-state index in [1.807, 2.05) is 18.2 Å². The molecule has 0 spiro atoms. The molecule has 0 atom stereocenters. The monoisotopic (exact) mass is 352 g/mol. The number of ether oxygens (including phenoxy) is 1. The van der Waals surface area contributed by atoms with Gasteiger partial charge in [-0.05, 0) is 30.7 Å². The second-order valence-corrected chi connectivity index (χ2v) is 7.27. The summed E-state index contributed by atoms with van der Waals surface area (Å²) in [7, 11) is 0. The number of nitrogens with two attached hydrogens (primary N) is 1. The summed E-state index contributed by atoms with van der Waals surface area (Å²) >= 11 is 6.08. The first-order valence-electron chi connectivity index (χ1n) is 8.57. The first-order valence-corrected chi connectivity index (χ1v) is 8.95. The second-order valence-electron chi connectivity index (χ2n) is 6.83. The van der Waals surface area contributed by atoms with E-state index in [4.69, 9.17) is 22.1 Å². The molecule has 1 aliphatic heterocycles. The summed E-state index contributed by atoms with van der Waals surface area (Å²) < 4.78 is 5.35. The van der Waals surface area contributed by atoms with Crippen molar-refractivity contribution >= 4 is 17.6 Å². The minimum Gasteiger partial charge on any atom is -0.379 e. The molecule has 1 aromatic rings. The molecule has 1 heterocycles. The van der Waals surface area contributed by atoms with Crippen LogP contribution in [0.15, 0.2) is 29.3 Å². The van der Waals surface area contributed by atoms with Crippen LogP contribution in [-0.2, 0) is 10.2 Å². The van der Waals surface area contributed by atoms with Crippen LogP contribution >= 0.6 is 11.6 Å². The van der Waals surface area contributed by atoms with Crippen LogP contribution in [-0.4, -0.2) is 56.8 Å². The van der Waals surface area contributed by atoms with Gasteiger partial charge in [-0.2, -0.15) is 0 Å². The topological polar surface area (TPSA) is 62.9 Å². The quantitative estimate of drug-likeness (QED) is 0.449. The Morgan fingerprint density at radius 1 is 1.38 bits per heavy atom. The van der Waals surface area contributed by atoms with Crippen molar-refractivity contribution in [2.24, 2.45) is 10.7 Å². The summed E-state index contributed by atoms with van der Waals surface area (Å²) in [6, 6.07) is 7.92. The highest BCUT2D eigenvalue weighted by atomic mass is 35.5. The third kappa shape index (κ3) is 6.30. The van der Waals surface area contributed by atoms with E-state index in [2.05, 4.69) is 35.1 Å². The number of halogens is 1. The molecule has 0 aliphatic carbocycles. The molecule has 0 aromatic heterocycles. The highest BCUT2D eigenvalue weighted by Gasteiger charge is 2.20. The molecular weight excluding hydrogens is 324 g/mol. The summed E-state index contributed by atoms with van der Waals surface area (Å²) in [5.74, 6) is 0.507. The fourth-order valence-electron chi connectivity index (χ4n) is 2.68. The van der Waals surface area contributed by atoms with E-state index in [1.165, 1.54) is 5.56 Å². The molecule has 0 bridgehead atoms. The number of guanidine groups is 1. The third-order valence-corrected chi connectivity index (χ3v) is 4.55. The maximum Gasteiger partial charge on any atom is 0.188 e. The lowest BCUT2D eigenvalue weighted by Crippen LogP contribution is -2.39. The lowest BCUT2D eigenvalue weighted by Gasteiger charge is -2.26. The van der Waals surface area contributed by atoms with Crippen LogP contribution in [0.4, 0.5) is 0 Å². The van der Waals surface area contributed by atoms with Crippen molar-refractivity contribution in [3.05, 3.63) is 34.9 Å². The maximum atomic E-state index is 6.08. The van der Waals surface area contributed by atoms with Gasteiger partial charge >= 0.3 is 0 Å². The molecule has 1 aromatic carbocycles. The van der Waals surface area contributed by atoms with Gasteiger partial charge in [0.05, 0.1) is 19.8 Å². The van der Waals surface area contributed by atoms with Crippen LogP contribution in [0.3, 0.4) is 0 Å². The van der Waals surface area contributed by atoms with Crippen molar-refractivity contribution < 1.29 is 4.74 Å². The smallest absolute Gasteiger partial charge is 0.188 e. The molecule has 3 N–H and O–H groups in total. The molecule has 1 saturated heterocycles. The van der Waals surface area contributed by atoms with Gasteiger partial charge in [-0.15, -0.1) is 0 Å². The third-order valence-electron chi connectivity index (χ3n) is 4.31. The first kappa shape index (κ1) is 19.0. The minimum absolute atomic E-state index is 0.106. The zero-order valence-electron chi connectivity index (χ0n) is 14.7. The van der Waals surface area contributed by atoms with Gasteiger partial charge in [-0.3, -0.25) is 9.89 Å². The van der Waals surface area contributed by atoms with Crippen LogP contribution in [0.5, 0.6) is 0 Å². The predicted octanol–water partition coefficient (Wildman–Crippen LogP) is 2.24. The van der Waals surface area contributed by atoms with Gasteiger partial charge < -0.3 is 15.8 Å². The van der Waals surface area contributed by atoms with Crippen molar-refractivity contribution in [1.82, 2.24) is 10.2 Å². The van der Waals surface area contributed by atoms with Crippen molar-refractivity contribution in [3.63, 3.8) is 0 Å². The molecule has 0 saturated carbocycles. The van der Waals surface area contributed by atoms with Gasteiger partial charge in [-0.25, -0.2) is 0 Å². The van der Waals surface area contributed by atoms with E-state index >= 15 is 0 Å². The lowest BCUT2D eigenvalue weighted by atomic mass is 9.85. The first-order chi connectivity index (χ1) is 11.5. The minimum atomic E-state index is -0.106. The standard InChI is InChI=1S/C18H29ClN4O/c1-18(2,15-5-3-6-16(19)13-15)14-22-17(20)21-7-4-8-23-9-11-24-12-10-23/h3,5-6,13H,4,7-12,14H2,1-2H3,(H3,20,21,22). The predicted molar refractivity (Wildman–Crippen MR) is 101 cm³/mol. The number of nitrogens with zero attached hydrogens (tertiary/aromatic N) is 2. The second kappa shape index (κ2) is 9.25. The van der Waals surface area contributed by atoms with Gasteiger partial charge in [0.2, 0.25) is 0 Å². The van der Waals surface area contributed by atoms with E-state index in [0.29, 0.717) is 12.5 Å². The van der Waals surface area contributed by atoms with E-state index < -0.39 is 0 Å². The van der Waals surface area contributed by atoms with Crippen molar-refractivity contribution in [2.45, 2.75) is 25.7 Å². The molecule has 0 amide bonds. The molecule has 5 nitrogen and oxygen atoms in total. The summed E-state index contributed by atoms with van der Waals surface area (Å²) in [5, 5.41) is 3.95. The zero-order valence-corrected chi connectivity index (χ0v) is 15.5. The highest BCUT2D eigenvalue weighted by molar-refractivity contribution is 6.30. The van der Waals surface area contributed by atoms with Crippen LogP contribution < -0.4 is 11.1 Å². The molecule has 1 fully saturated rings. The molecule has 134 valence electrons. The molecular formula is C18H29ClN4O. The fraction of sp³-hybridized carbons (Fsp3) is 0.611. The van der Waals surface area contributed by atoms with Crippen molar-refractivity contribution in [1.29, 1.82) is 0 Å². The largest absolute Gasteiger partial charge is 0.379 e. The highest BCUT2D eigenvalue weighted by Crippen LogP contribution is 2.25. The number of nitrogens with one attached hydrogen (secondary N) is 1. The van der Waals surface area contributed by atoms with Gasteiger partial charge in [0.15, 0.2) is 5.96 Å². The number of aliphatic imine (C=N–C) groups is 1. The molecule has 1 aliphatic rings. The maximum absolute atomic E-state index is 6.08. The SMILES string of the molecule is CC(C)(CN=C(N)NCCCN1CCOCC1)c1cccc(Cl)c1. The van der Waals surface area contributed by atoms with Gasteiger partial charge in [-0.1, -0.05) is 37.6 Å². The Morgan fingerprint density at radius 3 is 2.83 bits per heavy atom. The Hall–Kier alpha value is -1.30. The lowest BCUT2D eigenvalue weighted by molar-refractivity contribution is 0.0376. The average Bonchev–Trinajstić information content (AvgIpc) is 2.58. The van der Waals surface area contributed by atoms with E-state index in [9.17, 15) is 0 Å². The fourth-order valence-corrected chi connectivity index (χ4v) is 2.87. The summed E-state index contributed by atoms with van der Waals surface area (Å²) in [6.45, 7) is 10.6. The number of hydrogen-bond donors (Lipinski definition) is 2. The normalized spacial score (nSPS) is 17.0. The molecule has 6 heteroatoms. The number of rotatable bonds is 7. The van der Waals surface area contributed by atoms with Crippen LogP contribution in [0.1, 0.15) is 25.8 Å².